The number of benzene rings is 2. The summed E-state index contributed by atoms with van der Waals surface area (Å²) < 4.78 is 66.0. The lowest BCUT2D eigenvalue weighted by Crippen LogP contribution is -2.38. The first kappa shape index (κ1) is 23.1. The van der Waals surface area contributed by atoms with E-state index in [-0.39, 0.29) is 11.3 Å². The van der Waals surface area contributed by atoms with Gasteiger partial charge in [0.1, 0.15) is 17.1 Å². The number of unbranched alkanes of at least 4 members (excludes halogenated alkanes) is 1. The fourth-order valence-electron chi connectivity index (χ4n) is 4.10. The molecule has 1 fully saturated rings. The highest BCUT2D eigenvalue weighted by Crippen LogP contribution is 2.45. The summed E-state index contributed by atoms with van der Waals surface area (Å²) in [5.74, 6) is -6.12. The number of esters is 1. The van der Waals surface area contributed by atoms with E-state index in [1.807, 2.05) is 0 Å². The van der Waals surface area contributed by atoms with Crippen molar-refractivity contribution in [2.45, 2.75) is 64.6 Å². The van der Waals surface area contributed by atoms with Gasteiger partial charge >= 0.3 is 5.97 Å². The minimum atomic E-state index is -1.66. The molecule has 0 aromatic heterocycles. The molecule has 3 nitrogen and oxygen atoms in total. The Morgan fingerprint density at radius 2 is 1.71 bits per heavy atom. The topological polar surface area (TPSA) is 35.5 Å². The Labute approximate surface area is 179 Å². The molecule has 0 saturated heterocycles. The summed E-state index contributed by atoms with van der Waals surface area (Å²) in [5.41, 5.74) is -0.689. The predicted molar refractivity (Wildman–Crippen MR) is 108 cm³/mol. The normalized spacial score (nSPS) is 16.5. The van der Waals surface area contributed by atoms with Crippen LogP contribution >= 0.6 is 0 Å². The van der Waals surface area contributed by atoms with Gasteiger partial charge in [-0.1, -0.05) is 51.2 Å². The summed E-state index contributed by atoms with van der Waals surface area (Å²) in [6.07, 6.45) is 5.28. The molecule has 2 aromatic carbocycles. The van der Waals surface area contributed by atoms with Crippen LogP contribution in [0.1, 0.15) is 68.6 Å². The Kier molecular flexibility index (Phi) is 7.57. The van der Waals surface area contributed by atoms with E-state index < -0.39 is 40.9 Å². The third-order valence-corrected chi connectivity index (χ3v) is 5.86. The van der Waals surface area contributed by atoms with Crippen molar-refractivity contribution in [1.82, 2.24) is 0 Å². The van der Waals surface area contributed by atoms with Crippen LogP contribution in [0, 0.1) is 22.9 Å². The standard InChI is InChI=1S/C24H26F4O3/c1-2-3-11-24(12-7-4-8-13-24)23(28)31-20-10-6-5-9-17(20)22(29)30-16-14-18(25)21(27)19(26)15-16/h5-6,9-10,14-15,23H,2-4,7-8,11-13H2,1H3. The summed E-state index contributed by atoms with van der Waals surface area (Å²) >= 11 is 0. The summed E-state index contributed by atoms with van der Waals surface area (Å²) in [7, 11) is 0. The van der Waals surface area contributed by atoms with Gasteiger partial charge in [0.25, 0.3) is 0 Å². The van der Waals surface area contributed by atoms with Gasteiger partial charge in [-0.15, -0.1) is 0 Å². The smallest absolute Gasteiger partial charge is 0.347 e. The summed E-state index contributed by atoms with van der Waals surface area (Å²) in [4.78, 5) is 12.6. The van der Waals surface area contributed by atoms with Gasteiger partial charge in [-0.25, -0.2) is 22.4 Å². The first-order chi connectivity index (χ1) is 14.9. The molecular weight excluding hydrogens is 412 g/mol. The zero-order valence-electron chi connectivity index (χ0n) is 17.4. The molecule has 0 N–H and O–H groups in total. The summed E-state index contributed by atoms with van der Waals surface area (Å²) in [6.45, 7) is 2.05. The average molecular weight is 438 g/mol. The predicted octanol–water partition coefficient (Wildman–Crippen LogP) is 7.14. The highest BCUT2D eigenvalue weighted by molar-refractivity contribution is 5.94. The molecular formula is C24H26F4O3. The number of rotatable bonds is 8. The number of alkyl halides is 1. The number of halogens is 4. The van der Waals surface area contributed by atoms with Gasteiger partial charge in [0.2, 0.25) is 6.36 Å². The van der Waals surface area contributed by atoms with E-state index in [1.165, 1.54) is 18.2 Å². The maximum absolute atomic E-state index is 15.5. The van der Waals surface area contributed by atoms with Gasteiger partial charge in [-0.3, -0.25) is 0 Å². The number of carbonyl (C=O) groups is 1. The van der Waals surface area contributed by atoms with Crippen LogP contribution in [0.2, 0.25) is 0 Å². The number of para-hydroxylation sites is 1. The molecule has 0 aliphatic heterocycles. The van der Waals surface area contributed by atoms with Crippen LogP contribution in [0.5, 0.6) is 11.5 Å². The lowest BCUT2D eigenvalue weighted by atomic mass is 9.70. The zero-order valence-corrected chi connectivity index (χ0v) is 17.4. The van der Waals surface area contributed by atoms with Crippen molar-refractivity contribution in [3.63, 3.8) is 0 Å². The third-order valence-electron chi connectivity index (χ3n) is 5.86. The van der Waals surface area contributed by atoms with E-state index in [0.717, 1.165) is 44.9 Å². The van der Waals surface area contributed by atoms with E-state index >= 15 is 4.39 Å². The Hall–Kier alpha value is -2.57. The molecule has 1 atom stereocenters. The second-order valence-corrected chi connectivity index (χ2v) is 8.05. The first-order valence-electron chi connectivity index (χ1n) is 10.6. The number of ether oxygens (including phenoxy) is 2. The summed E-state index contributed by atoms with van der Waals surface area (Å²) in [5, 5.41) is 0. The van der Waals surface area contributed by atoms with Crippen LogP contribution in [0.3, 0.4) is 0 Å². The second-order valence-electron chi connectivity index (χ2n) is 8.05. The van der Waals surface area contributed by atoms with Gasteiger partial charge in [-0.05, 0) is 31.4 Å². The maximum atomic E-state index is 15.5. The van der Waals surface area contributed by atoms with E-state index in [1.54, 1.807) is 6.07 Å². The maximum Gasteiger partial charge on any atom is 0.347 e. The monoisotopic (exact) mass is 438 g/mol. The molecule has 0 amide bonds. The minimum Gasteiger partial charge on any atom is -0.459 e. The molecule has 3 rings (SSSR count). The number of carbonyl (C=O) groups excluding carboxylic acids is 1. The third kappa shape index (κ3) is 5.38. The van der Waals surface area contributed by atoms with Gasteiger partial charge in [-0.2, -0.15) is 0 Å². The second kappa shape index (κ2) is 10.2. The molecule has 1 aliphatic carbocycles. The molecule has 1 unspecified atom stereocenters. The van der Waals surface area contributed by atoms with Crippen LogP contribution in [0.15, 0.2) is 36.4 Å². The van der Waals surface area contributed by atoms with Crippen LogP contribution in [0.4, 0.5) is 17.6 Å². The van der Waals surface area contributed by atoms with E-state index in [2.05, 4.69) is 6.92 Å². The van der Waals surface area contributed by atoms with Crippen molar-refractivity contribution in [3.05, 3.63) is 59.4 Å². The molecule has 0 heterocycles. The van der Waals surface area contributed by atoms with E-state index in [4.69, 9.17) is 9.47 Å². The summed E-state index contributed by atoms with van der Waals surface area (Å²) in [6, 6.07) is 7.09. The molecule has 0 bridgehead atoms. The fraction of sp³-hybridized carbons (Fsp3) is 0.458. The van der Waals surface area contributed by atoms with Gasteiger partial charge in [0.15, 0.2) is 17.5 Å². The zero-order chi connectivity index (χ0) is 22.4. The van der Waals surface area contributed by atoms with Gasteiger partial charge < -0.3 is 9.47 Å². The Balaban J connectivity index is 1.80. The van der Waals surface area contributed by atoms with Crippen LogP contribution in [-0.4, -0.2) is 12.3 Å². The molecule has 1 saturated carbocycles. The van der Waals surface area contributed by atoms with E-state index in [9.17, 15) is 18.0 Å². The average Bonchev–Trinajstić information content (AvgIpc) is 2.77. The molecule has 31 heavy (non-hydrogen) atoms. The van der Waals surface area contributed by atoms with Crippen LogP contribution in [0.25, 0.3) is 0 Å². The largest absolute Gasteiger partial charge is 0.459 e. The number of hydrogen-bond donors (Lipinski definition) is 0. The van der Waals surface area contributed by atoms with E-state index in [0.29, 0.717) is 18.6 Å². The molecule has 168 valence electrons. The first-order valence-corrected chi connectivity index (χ1v) is 10.6. The van der Waals surface area contributed by atoms with Gasteiger partial charge in [0.05, 0.1) is 0 Å². The van der Waals surface area contributed by atoms with Crippen molar-refractivity contribution >= 4 is 5.97 Å². The van der Waals surface area contributed by atoms with Crippen molar-refractivity contribution in [1.29, 1.82) is 0 Å². The Bertz CT molecular complexity index is 886. The SMILES string of the molecule is CCCCC1(C(F)Oc2ccccc2C(=O)Oc2cc(F)c(F)c(F)c2)CCCCC1. The Morgan fingerprint density at radius 1 is 1.06 bits per heavy atom. The number of hydrogen-bond acceptors (Lipinski definition) is 3. The highest BCUT2D eigenvalue weighted by atomic mass is 19.2. The quantitative estimate of drug-likeness (QED) is 0.190. The van der Waals surface area contributed by atoms with Crippen molar-refractivity contribution in [2.24, 2.45) is 5.41 Å². The molecule has 2 aromatic rings. The lowest BCUT2D eigenvalue weighted by molar-refractivity contribution is -0.0794. The highest BCUT2D eigenvalue weighted by Gasteiger charge is 2.41. The lowest BCUT2D eigenvalue weighted by Gasteiger charge is -2.39. The van der Waals surface area contributed by atoms with Crippen molar-refractivity contribution in [3.8, 4) is 11.5 Å². The minimum absolute atomic E-state index is 0.00972. The molecule has 1 aliphatic rings. The van der Waals surface area contributed by atoms with Crippen LogP contribution < -0.4 is 9.47 Å². The van der Waals surface area contributed by atoms with Crippen molar-refractivity contribution in [2.75, 3.05) is 0 Å². The molecule has 7 heteroatoms. The fourth-order valence-corrected chi connectivity index (χ4v) is 4.10. The van der Waals surface area contributed by atoms with Crippen LogP contribution in [-0.2, 0) is 0 Å². The van der Waals surface area contributed by atoms with Gasteiger partial charge in [0, 0.05) is 17.5 Å². The Morgan fingerprint density at radius 3 is 2.35 bits per heavy atom. The molecule has 0 radical (unpaired) electrons. The van der Waals surface area contributed by atoms with Crippen molar-refractivity contribution < 1.29 is 31.8 Å². The molecule has 0 spiro atoms.